The van der Waals surface area contributed by atoms with Crippen molar-refractivity contribution in [3.63, 3.8) is 0 Å². The molecule has 0 unspecified atom stereocenters. The van der Waals surface area contributed by atoms with Crippen molar-refractivity contribution in [1.29, 1.82) is 0 Å². The van der Waals surface area contributed by atoms with Crippen molar-refractivity contribution < 1.29 is 14.6 Å². The Morgan fingerprint density at radius 3 is 2.41 bits per heavy atom. The molecule has 0 bridgehead atoms. The van der Waals surface area contributed by atoms with E-state index < -0.39 is 0 Å². The van der Waals surface area contributed by atoms with Crippen LogP contribution in [0.25, 0.3) is 0 Å². The summed E-state index contributed by atoms with van der Waals surface area (Å²) in [6.07, 6.45) is 0. The molecule has 0 amide bonds. The fourth-order valence-corrected chi connectivity index (χ4v) is 3.45. The predicted octanol–water partition coefficient (Wildman–Crippen LogP) is 5.59. The Labute approximate surface area is 178 Å². The largest absolute Gasteiger partial charge is 0.490 e. The summed E-state index contributed by atoms with van der Waals surface area (Å²) in [6, 6.07) is 9.25. The Balaban J connectivity index is 2.22. The molecule has 0 radical (unpaired) electrons. The lowest BCUT2D eigenvalue weighted by atomic mass is 10.1. The van der Waals surface area contributed by atoms with Gasteiger partial charge in [0.25, 0.3) is 0 Å². The number of aliphatic hydroxyl groups excluding tert-OH is 1. The van der Waals surface area contributed by atoms with Crippen molar-refractivity contribution in [2.45, 2.75) is 39.5 Å². The fraction of sp³-hybridized carbons (Fsp3) is 0.400. The second-order valence-electron chi connectivity index (χ2n) is 6.72. The van der Waals surface area contributed by atoms with Crippen LogP contribution in [0.2, 0.25) is 10.0 Å². The normalized spacial score (nSPS) is 11.5. The Morgan fingerprint density at radius 1 is 1.15 bits per heavy atom. The van der Waals surface area contributed by atoms with E-state index in [-0.39, 0.29) is 18.8 Å². The van der Waals surface area contributed by atoms with Crippen molar-refractivity contribution in [2.24, 2.45) is 0 Å². The van der Waals surface area contributed by atoms with Gasteiger partial charge in [0, 0.05) is 27.7 Å². The molecule has 148 valence electrons. The molecule has 4 nitrogen and oxygen atoms in total. The number of ether oxygens (including phenoxy) is 2. The Bertz CT molecular complexity index is 764. The number of hydrogen-bond donors (Lipinski definition) is 2. The smallest absolute Gasteiger partial charge is 0.175 e. The quantitative estimate of drug-likeness (QED) is 0.495. The van der Waals surface area contributed by atoms with E-state index in [1.165, 1.54) is 0 Å². The average Bonchev–Trinajstić information content (AvgIpc) is 2.61. The first-order valence-corrected chi connectivity index (χ1v) is 10.2. The van der Waals surface area contributed by atoms with Gasteiger partial charge in [-0.3, -0.25) is 0 Å². The van der Waals surface area contributed by atoms with Crippen LogP contribution in [0.4, 0.5) is 0 Å². The minimum absolute atomic E-state index is 0.0479. The van der Waals surface area contributed by atoms with Crippen LogP contribution in [0.15, 0.2) is 34.8 Å². The van der Waals surface area contributed by atoms with Crippen molar-refractivity contribution >= 4 is 39.1 Å². The SMILES string of the molecule is CCOc1cc(CNC(C)(C)CO)cc(Br)c1OCc1c(Cl)cccc1Cl. The van der Waals surface area contributed by atoms with Crippen molar-refractivity contribution in [1.82, 2.24) is 5.32 Å². The third kappa shape index (κ3) is 6.26. The lowest BCUT2D eigenvalue weighted by molar-refractivity contribution is 0.187. The van der Waals surface area contributed by atoms with Gasteiger partial charge in [-0.2, -0.15) is 0 Å². The summed E-state index contributed by atoms with van der Waals surface area (Å²) in [5.41, 5.74) is 1.37. The summed E-state index contributed by atoms with van der Waals surface area (Å²) in [6.45, 7) is 7.17. The van der Waals surface area contributed by atoms with Gasteiger partial charge in [0.15, 0.2) is 11.5 Å². The molecule has 0 saturated heterocycles. The van der Waals surface area contributed by atoms with Gasteiger partial charge >= 0.3 is 0 Å². The molecule has 2 aromatic rings. The summed E-state index contributed by atoms with van der Waals surface area (Å²) in [4.78, 5) is 0. The van der Waals surface area contributed by atoms with Crippen LogP contribution >= 0.6 is 39.1 Å². The molecule has 0 atom stereocenters. The fourth-order valence-electron chi connectivity index (χ4n) is 2.34. The van der Waals surface area contributed by atoms with Gasteiger partial charge in [-0.25, -0.2) is 0 Å². The molecular weight excluding hydrogens is 453 g/mol. The molecule has 0 aliphatic rings. The minimum Gasteiger partial charge on any atom is -0.490 e. The summed E-state index contributed by atoms with van der Waals surface area (Å²) < 4.78 is 12.5. The lowest BCUT2D eigenvalue weighted by Crippen LogP contribution is -2.42. The van der Waals surface area contributed by atoms with E-state index >= 15 is 0 Å². The van der Waals surface area contributed by atoms with Gasteiger partial charge in [0.1, 0.15) is 6.61 Å². The van der Waals surface area contributed by atoms with Gasteiger partial charge in [-0.1, -0.05) is 29.3 Å². The van der Waals surface area contributed by atoms with Crippen LogP contribution in [0.1, 0.15) is 31.9 Å². The topological polar surface area (TPSA) is 50.7 Å². The first-order chi connectivity index (χ1) is 12.8. The second kappa shape index (κ2) is 9.99. The zero-order valence-electron chi connectivity index (χ0n) is 15.6. The van der Waals surface area contributed by atoms with E-state index in [1.807, 2.05) is 32.9 Å². The van der Waals surface area contributed by atoms with Crippen LogP contribution < -0.4 is 14.8 Å². The highest BCUT2D eigenvalue weighted by molar-refractivity contribution is 9.10. The number of rotatable bonds is 9. The molecule has 0 spiro atoms. The van der Waals surface area contributed by atoms with Crippen molar-refractivity contribution in [2.75, 3.05) is 13.2 Å². The van der Waals surface area contributed by atoms with E-state index in [0.717, 1.165) is 15.6 Å². The monoisotopic (exact) mass is 475 g/mol. The van der Waals surface area contributed by atoms with E-state index in [1.54, 1.807) is 18.2 Å². The maximum Gasteiger partial charge on any atom is 0.175 e. The van der Waals surface area contributed by atoms with Crippen molar-refractivity contribution in [3.8, 4) is 11.5 Å². The van der Waals surface area contributed by atoms with E-state index in [0.29, 0.717) is 34.7 Å². The van der Waals surface area contributed by atoms with E-state index in [9.17, 15) is 5.11 Å². The van der Waals surface area contributed by atoms with Gasteiger partial charge in [0.2, 0.25) is 0 Å². The maximum atomic E-state index is 9.39. The zero-order valence-corrected chi connectivity index (χ0v) is 18.7. The molecular formula is C20H24BrCl2NO3. The molecule has 2 N–H and O–H groups in total. The number of halogens is 3. The summed E-state index contributed by atoms with van der Waals surface area (Å²) >= 11 is 16.0. The molecule has 2 rings (SSSR count). The minimum atomic E-state index is -0.367. The van der Waals surface area contributed by atoms with Crippen molar-refractivity contribution in [3.05, 3.63) is 56.0 Å². The standard InChI is InChI=1S/C20H24BrCl2NO3/c1-4-26-18-9-13(10-24-20(2,3)12-25)8-15(21)19(18)27-11-14-16(22)6-5-7-17(14)23/h5-9,24-25H,4,10-12H2,1-3H3. The molecule has 0 aliphatic heterocycles. The predicted molar refractivity (Wildman–Crippen MR) is 114 cm³/mol. The molecule has 0 aliphatic carbocycles. The van der Waals surface area contributed by atoms with Gasteiger partial charge < -0.3 is 19.9 Å². The van der Waals surface area contributed by atoms with E-state index in [2.05, 4.69) is 21.2 Å². The van der Waals surface area contributed by atoms with E-state index in [4.69, 9.17) is 32.7 Å². The highest BCUT2D eigenvalue weighted by Gasteiger charge is 2.18. The highest BCUT2D eigenvalue weighted by atomic mass is 79.9. The third-order valence-electron chi connectivity index (χ3n) is 3.96. The van der Waals surface area contributed by atoms with Crippen LogP contribution in [0.3, 0.4) is 0 Å². The number of hydrogen-bond acceptors (Lipinski definition) is 4. The Kier molecular flexibility index (Phi) is 8.25. The number of aliphatic hydroxyl groups is 1. The number of nitrogens with one attached hydrogen (secondary N) is 1. The molecule has 0 heterocycles. The summed E-state index contributed by atoms with van der Waals surface area (Å²) in [7, 11) is 0. The van der Waals surface area contributed by atoms with Gasteiger partial charge in [-0.05, 0) is 66.5 Å². The summed E-state index contributed by atoms with van der Waals surface area (Å²) in [5, 5.41) is 13.8. The van der Waals surface area contributed by atoms with Crippen LogP contribution in [0, 0.1) is 0 Å². The lowest BCUT2D eigenvalue weighted by Gasteiger charge is -2.24. The van der Waals surface area contributed by atoms with Crippen LogP contribution in [-0.4, -0.2) is 23.9 Å². The maximum absolute atomic E-state index is 9.39. The Hall–Kier alpha value is -0.980. The highest BCUT2D eigenvalue weighted by Crippen LogP contribution is 2.38. The average molecular weight is 477 g/mol. The van der Waals surface area contributed by atoms with Gasteiger partial charge in [-0.15, -0.1) is 0 Å². The van der Waals surface area contributed by atoms with Crippen LogP contribution in [0.5, 0.6) is 11.5 Å². The molecule has 7 heteroatoms. The molecule has 0 aromatic heterocycles. The molecule has 0 saturated carbocycles. The first kappa shape index (κ1) is 22.3. The Morgan fingerprint density at radius 2 is 1.81 bits per heavy atom. The van der Waals surface area contributed by atoms with Gasteiger partial charge in [0.05, 0.1) is 17.7 Å². The molecule has 27 heavy (non-hydrogen) atoms. The van der Waals surface area contributed by atoms with Crippen LogP contribution in [-0.2, 0) is 13.2 Å². The number of benzene rings is 2. The second-order valence-corrected chi connectivity index (χ2v) is 8.39. The summed E-state index contributed by atoms with van der Waals surface area (Å²) in [5.74, 6) is 1.23. The first-order valence-electron chi connectivity index (χ1n) is 8.64. The molecule has 2 aromatic carbocycles. The zero-order chi connectivity index (χ0) is 20.0. The third-order valence-corrected chi connectivity index (χ3v) is 5.26. The molecule has 0 fully saturated rings.